The minimum absolute atomic E-state index is 0.285. The molecule has 0 radical (unpaired) electrons. The van der Waals surface area contributed by atoms with Crippen LogP contribution in [-0.4, -0.2) is 4.40 Å². The second kappa shape index (κ2) is 11.4. The van der Waals surface area contributed by atoms with Gasteiger partial charge in [-0.1, -0.05) is 152 Å². The summed E-state index contributed by atoms with van der Waals surface area (Å²) in [6.45, 7) is 0. The molecule has 11 rings (SSSR count). The van der Waals surface area contributed by atoms with Crippen LogP contribution in [0.15, 0.2) is 198 Å². The Hall–Kier alpha value is -7.10. The largest absolute Gasteiger partial charge is 0.268 e. The minimum atomic E-state index is -0.592. The molecule has 3 nitrogen and oxygen atoms in total. The van der Waals surface area contributed by atoms with E-state index in [1.54, 1.807) is 0 Å². The van der Waals surface area contributed by atoms with E-state index in [9.17, 15) is 9.59 Å². The summed E-state index contributed by atoms with van der Waals surface area (Å²) in [6, 6.07) is 65.8. The molecule has 54 heavy (non-hydrogen) atoms. The van der Waals surface area contributed by atoms with Crippen molar-refractivity contribution in [1.29, 1.82) is 0 Å². The lowest BCUT2D eigenvalue weighted by molar-refractivity contribution is 0.769. The first kappa shape index (κ1) is 30.5. The third kappa shape index (κ3) is 4.12. The summed E-state index contributed by atoms with van der Waals surface area (Å²) in [7, 11) is 0. The molecule has 0 saturated heterocycles. The van der Waals surface area contributed by atoms with Crippen LogP contribution in [0.3, 0.4) is 0 Å². The van der Waals surface area contributed by atoms with Gasteiger partial charge in [0, 0.05) is 21.5 Å². The van der Waals surface area contributed by atoms with Crippen LogP contribution in [0.2, 0.25) is 0 Å². The highest BCUT2D eigenvalue weighted by atomic mass is 16.2. The van der Waals surface area contributed by atoms with E-state index in [-0.39, 0.29) is 11.1 Å². The van der Waals surface area contributed by atoms with Gasteiger partial charge in [0.15, 0.2) is 0 Å². The zero-order valence-corrected chi connectivity index (χ0v) is 29.2. The van der Waals surface area contributed by atoms with E-state index < -0.39 is 5.41 Å². The molecule has 1 aliphatic carbocycles. The van der Waals surface area contributed by atoms with Gasteiger partial charge in [0.2, 0.25) is 0 Å². The van der Waals surface area contributed by atoms with Crippen LogP contribution in [0, 0.1) is 0 Å². The van der Waals surface area contributed by atoms with Gasteiger partial charge < -0.3 is 0 Å². The predicted molar refractivity (Wildman–Crippen MR) is 222 cm³/mol. The van der Waals surface area contributed by atoms with Gasteiger partial charge in [-0.3, -0.25) is 9.59 Å². The number of hydrogen-bond donors (Lipinski definition) is 0. The maximum atomic E-state index is 14.0. The standard InChI is InChI=1S/C51H31NO2/c53-49-42-22-12-10-20-38(42)44-28-35(29-45-39-21-11-13-23-43(39)50(54)52(49)48(44)45)34-25-27-41-40-26-24-33(32-14-4-1-5-15-32)30-46(40)51(47(41)31-34,36-16-6-2-7-17-36)37-18-8-3-9-19-37/h1-31H. The first-order valence-corrected chi connectivity index (χ1v) is 18.3. The molecule has 3 heteroatoms. The van der Waals surface area contributed by atoms with Gasteiger partial charge in [0.05, 0.1) is 10.9 Å². The van der Waals surface area contributed by atoms with Crippen molar-refractivity contribution >= 4 is 37.8 Å². The molecule has 10 aromatic rings. The molecule has 0 amide bonds. The summed E-state index contributed by atoms with van der Waals surface area (Å²) in [5.74, 6) is 0. The molecule has 1 aliphatic rings. The molecule has 0 N–H and O–H groups in total. The lowest BCUT2D eigenvalue weighted by Crippen LogP contribution is -2.28. The van der Waals surface area contributed by atoms with Crippen LogP contribution < -0.4 is 11.1 Å². The summed E-state index contributed by atoms with van der Waals surface area (Å²) < 4.78 is 1.39. The first-order valence-electron chi connectivity index (χ1n) is 18.3. The molecule has 252 valence electrons. The summed E-state index contributed by atoms with van der Waals surface area (Å²) >= 11 is 0. The molecule has 0 bridgehead atoms. The van der Waals surface area contributed by atoms with Crippen LogP contribution in [0.4, 0.5) is 0 Å². The van der Waals surface area contributed by atoms with Crippen LogP contribution >= 0.6 is 0 Å². The van der Waals surface area contributed by atoms with Gasteiger partial charge >= 0.3 is 0 Å². The number of pyridine rings is 2. The van der Waals surface area contributed by atoms with Crippen molar-refractivity contribution < 1.29 is 0 Å². The van der Waals surface area contributed by atoms with E-state index in [2.05, 4.69) is 140 Å². The zero-order chi connectivity index (χ0) is 36.0. The van der Waals surface area contributed by atoms with Crippen molar-refractivity contribution in [3.8, 4) is 33.4 Å². The Labute approximate surface area is 311 Å². The predicted octanol–water partition coefficient (Wildman–Crippen LogP) is 11.3. The maximum absolute atomic E-state index is 14.0. The highest BCUT2D eigenvalue weighted by Gasteiger charge is 2.46. The normalized spacial score (nSPS) is 13.1. The SMILES string of the molecule is O=c1c2ccccc2c2cc(-c3ccc4c(c3)C(c3ccccc3)(c3ccccc3)c3cc(-c5ccccc5)ccc3-4)cc3c4ccccc4c(=O)n1c23. The molecule has 0 saturated carbocycles. The zero-order valence-electron chi connectivity index (χ0n) is 29.2. The van der Waals surface area contributed by atoms with E-state index in [4.69, 9.17) is 0 Å². The third-order valence-electron chi connectivity index (χ3n) is 11.6. The van der Waals surface area contributed by atoms with Gasteiger partial charge in [-0.15, -0.1) is 0 Å². The molecule has 0 spiro atoms. The summed E-state index contributed by atoms with van der Waals surface area (Å²) in [5.41, 5.74) is 11.3. The summed E-state index contributed by atoms with van der Waals surface area (Å²) in [6.07, 6.45) is 0. The fourth-order valence-corrected chi connectivity index (χ4v) is 9.28. The fraction of sp³-hybridized carbons (Fsp3) is 0.0196. The lowest BCUT2D eigenvalue weighted by atomic mass is 9.67. The monoisotopic (exact) mass is 689 g/mol. The maximum Gasteiger partial charge on any atom is 0.266 e. The molecular weight excluding hydrogens is 659 g/mol. The van der Waals surface area contributed by atoms with Crippen molar-refractivity contribution in [1.82, 2.24) is 4.40 Å². The molecule has 0 unspecified atom stereocenters. The number of benzene rings is 8. The van der Waals surface area contributed by atoms with Crippen LogP contribution in [0.5, 0.6) is 0 Å². The van der Waals surface area contributed by atoms with Crippen LogP contribution in [0.25, 0.3) is 71.2 Å². The quantitative estimate of drug-likeness (QED) is 0.136. The van der Waals surface area contributed by atoms with Crippen molar-refractivity contribution in [2.24, 2.45) is 0 Å². The van der Waals surface area contributed by atoms with Gasteiger partial charge in [0.1, 0.15) is 0 Å². The van der Waals surface area contributed by atoms with E-state index >= 15 is 0 Å². The van der Waals surface area contributed by atoms with Gasteiger partial charge in [-0.2, -0.15) is 0 Å². The average molecular weight is 690 g/mol. The van der Waals surface area contributed by atoms with Gasteiger partial charge in [-0.05, 0) is 103 Å². The topological polar surface area (TPSA) is 38.5 Å². The molecular formula is C51H31NO2. The van der Waals surface area contributed by atoms with Crippen molar-refractivity contribution in [2.75, 3.05) is 0 Å². The smallest absolute Gasteiger partial charge is 0.266 e. The Kier molecular flexibility index (Phi) is 6.47. The van der Waals surface area contributed by atoms with E-state index in [0.717, 1.165) is 32.7 Å². The second-order valence-corrected chi connectivity index (χ2v) is 14.3. The molecule has 2 heterocycles. The van der Waals surface area contributed by atoms with Crippen molar-refractivity contribution in [3.05, 3.63) is 231 Å². The van der Waals surface area contributed by atoms with Gasteiger partial charge in [-0.25, -0.2) is 4.40 Å². The number of nitrogens with zero attached hydrogens (tertiary/aromatic N) is 1. The van der Waals surface area contributed by atoms with E-state index in [1.807, 2.05) is 48.5 Å². The Morgan fingerprint density at radius 3 is 1.22 bits per heavy atom. The third-order valence-corrected chi connectivity index (χ3v) is 11.6. The van der Waals surface area contributed by atoms with Crippen molar-refractivity contribution in [2.45, 2.75) is 5.41 Å². The fourth-order valence-electron chi connectivity index (χ4n) is 9.28. The number of hydrogen-bond acceptors (Lipinski definition) is 2. The number of aromatic nitrogens is 1. The van der Waals surface area contributed by atoms with Crippen LogP contribution in [-0.2, 0) is 5.41 Å². The highest BCUT2D eigenvalue weighted by molar-refractivity contribution is 6.19. The Bertz CT molecular complexity index is 3100. The molecule has 0 fully saturated rings. The molecule has 0 atom stereocenters. The van der Waals surface area contributed by atoms with Crippen LogP contribution in [0.1, 0.15) is 22.3 Å². The Morgan fingerprint density at radius 1 is 0.333 bits per heavy atom. The van der Waals surface area contributed by atoms with E-state index in [0.29, 0.717) is 16.3 Å². The average Bonchev–Trinajstić information content (AvgIpc) is 3.54. The minimum Gasteiger partial charge on any atom is -0.268 e. The number of fused-ring (bicyclic) bond motifs is 7. The number of rotatable bonds is 4. The molecule has 0 aliphatic heterocycles. The van der Waals surface area contributed by atoms with Gasteiger partial charge in [0.25, 0.3) is 11.1 Å². The summed E-state index contributed by atoms with van der Waals surface area (Å²) in [5, 5.41) is 4.52. The lowest BCUT2D eigenvalue weighted by Gasteiger charge is -2.34. The molecule has 2 aromatic heterocycles. The second-order valence-electron chi connectivity index (χ2n) is 14.3. The summed E-state index contributed by atoms with van der Waals surface area (Å²) in [4.78, 5) is 27.9. The van der Waals surface area contributed by atoms with E-state index in [1.165, 1.54) is 48.9 Å². The first-order chi connectivity index (χ1) is 26.6. The van der Waals surface area contributed by atoms with Crippen molar-refractivity contribution in [3.63, 3.8) is 0 Å². The Balaban J connectivity index is 1.25. The highest BCUT2D eigenvalue weighted by Crippen LogP contribution is 2.57. The Morgan fingerprint density at radius 2 is 0.741 bits per heavy atom. The molecule has 8 aromatic carbocycles.